The molecule has 2 aliphatic heterocycles. The van der Waals surface area contributed by atoms with Crippen molar-refractivity contribution in [3.05, 3.63) is 29.8 Å². The molecule has 0 atom stereocenters. The number of carbonyl (C=O) groups is 2. The largest absolute Gasteiger partial charge is 0.473 e. The zero-order valence-corrected chi connectivity index (χ0v) is 16.1. The number of rotatable bonds is 4. The molecule has 6 nitrogen and oxygen atoms in total. The highest BCUT2D eigenvalue weighted by molar-refractivity contribution is 7.98. The molecule has 1 aromatic rings. The van der Waals surface area contributed by atoms with Gasteiger partial charge in [0.05, 0.1) is 0 Å². The van der Waals surface area contributed by atoms with Crippen molar-refractivity contribution in [3.63, 3.8) is 0 Å². The summed E-state index contributed by atoms with van der Waals surface area (Å²) >= 11 is 1.82. The highest BCUT2D eigenvalue weighted by Crippen LogP contribution is 2.22. The summed E-state index contributed by atoms with van der Waals surface area (Å²) in [7, 11) is 0. The van der Waals surface area contributed by atoms with Crippen molar-refractivity contribution >= 4 is 23.7 Å². The second-order valence-corrected chi connectivity index (χ2v) is 7.59. The van der Waals surface area contributed by atoms with E-state index in [4.69, 9.17) is 19.8 Å². The molecule has 0 aliphatic carbocycles. The molecule has 0 saturated carbocycles. The molecule has 0 amide bonds. The van der Waals surface area contributed by atoms with Gasteiger partial charge in [0.25, 0.3) is 0 Å². The van der Waals surface area contributed by atoms with Gasteiger partial charge in [-0.1, -0.05) is 12.1 Å². The summed E-state index contributed by atoms with van der Waals surface area (Å²) in [5.41, 5.74) is 1.46. The Bertz CT molecular complexity index is 568. The fraction of sp³-hybridized carbons (Fsp3) is 0.579. The number of aliphatic carboxylic acids is 2. The van der Waals surface area contributed by atoms with Crippen LogP contribution in [0.25, 0.3) is 0 Å². The molecule has 0 bridgehead atoms. The van der Waals surface area contributed by atoms with Gasteiger partial charge in [0.15, 0.2) is 0 Å². The van der Waals surface area contributed by atoms with E-state index in [0.29, 0.717) is 0 Å². The molecule has 7 heteroatoms. The van der Waals surface area contributed by atoms with Gasteiger partial charge >= 0.3 is 11.9 Å². The predicted octanol–water partition coefficient (Wildman–Crippen LogP) is 2.62. The van der Waals surface area contributed by atoms with E-state index in [1.54, 1.807) is 0 Å². The van der Waals surface area contributed by atoms with Gasteiger partial charge < -0.3 is 15.1 Å². The number of nitrogens with zero attached hydrogens (tertiary/aromatic N) is 2. The first-order chi connectivity index (χ1) is 12.5. The molecule has 2 aliphatic rings. The van der Waals surface area contributed by atoms with Crippen LogP contribution in [-0.4, -0.2) is 70.4 Å². The van der Waals surface area contributed by atoms with Crippen LogP contribution in [0.1, 0.15) is 31.2 Å². The van der Waals surface area contributed by atoms with E-state index in [1.807, 2.05) is 11.8 Å². The number of carboxylic acids is 2. The van der Waals surface area contributed by atoms with Gasteiger partial charge in [0, 0.05) is 17.5 Å². The Hall–Kier alpha value is -1.57. The molecule has 2 fully saturated rings. The average molecular weight is 381 g/mol. The Labute approximate surface area is 159 Å². The number of hydrogen-bond acceptors (Lipinski definition) is 5. The second-order valence-electron chi connectivity index (χ2n) is 6.71. The lowest BCUT2D eigenvalue weighted by Gasteiger charge is -2.36. The maximum Gasteiger partial charge on any atom is 0.414 e. The van der Waals surface area contributed by atoms with Crippen LogP contribution in [0, 0.1) is 0 Å². The Kier molecular flexibility index (Phi) is 8.41. The topological polar surface area (TPSA) is 81.1 Å². The van der Waals surface area contributed by atoms with Crippen LogP contribution in [-0.2, 0) is 16.1 Å². The minimum absolute atomic E-state index is 0.868. The molecule has 2 heterocycles. The molecule has 26 heavy (non-hydrogen) atoms. The number of benzene rings is 1. The Morgan fingerprint density at radius 3 is 2.00 bits per heavy atom. The lowest BCUT2D eigenvalue weighted by Crippen LogP contribution is -2.43. The van der Waals surface area contributed by atoms with Crippen molar-refractivity contribution in [2.75, 3.05) is 32.4 Å². The number of likely N-dealkylation sites (tertiary alicyclic amines) is 2. The predicted molar refractivity (Wildman–Crippen MR) is 103 cm³/mol. The van der Waals surface area contributed by atoms with Crippen LogP contribution in [0.15, 0.2) is 29.2 Å². The summed E-state index contributed by atoms with van der Waals surface area (Å²) in [6.45, 7) is 6.36. The first-order valence-corrected chi connectivity index (χ1v) is 10.3. The monoisotopic (exact) mass is 380 g/mol. The summed E-state index contributed by atoms with van der Waals surface area (Å²) in [5.74, 6) is -3.65. The van der Waals surface area contributed by atoms with Crippen LogP contribution >= 0.6 is 11.8 Å². The Morgan fingerprint density at radius 2 is 1.54 bits per heavy atom. The first-order valence-electron chi connectivity index (χ1n) is 9.05. The number of thioether (sulfide) groups is 1. The zero-order valence-electron chi connectivity index (χ0n) is 15.3. The molecule has 2 N–H and O–H groups in total. The normalized spacial score (nSPS) is 19.0. The summed E-state index contributed by atoms with van der Waals surface area (Å²) in [5, 5.41) is 14.8. The zero-order chi connectivity index (χ0) is 18.9. The lowest BCUT2D eigenvalue weighted by molar-refractivity contribution is -0.159. The second kappa shape index (κ2) is 10.5. The van der Waals surface area contributed by atoms with E-state index in [1.165, 1.54) is 62.3 Å². The van der Waals surface area contributed by atoms with Crippen molar-refractivity contribution in [1.29, 1.82) is 0 Å². The maximum absolute atomic E-state index is 9.10. The van der Waals surface area contributed by atoms with Gasteiger partial charge in [0.1, 0.15) is 0 Å². The van der Waals surface area contributed by atoms with Gasteiger partial charge in [-0.2, -0.15) is 0 Å². The van der Waals surface area contributed by atoms with E-state index in [2.05, 4.69) is 40.3 Å². The first kappa shape index (κ1) is 20.7. The smallest absolute Gasteiger partial charge is 0.414 e. The van der Waals surface area contributed by atoms with Crippen molar-refractivity contribution in [2.45, 2.75) is 43.2 Å². The quantitative estimate of drug-likeness (QED) is 0.614. The number of hydrogen-bond donors (Lipinski definition) is 2. The van der Waals surface area contributed by atoms with E-state index in [9.17, 15) is 0 Å². The highest BCUT2D eigenvalue weighted by atomic mass is 32.2. The standard InChI is InChI=1S/C17H26N2S.C2H2O4/c1-20-17-6-4-15(5-7-17)14-18-12-8-16(9-13-18)19-10-2-3-11-19;3-1(4)2(5)6/h4-7,16H,2-3,8-14H2,1H3;(H,3,4)(H,5,6). The third-order valence-electron chi connectivity index (χ3n) is 4.96. The number of piperidine rings is 1. The molecule has 3 rings (SSSR count). The van der Waals surface area contributed by atoms with Gasteiger partial charge in [0.2, 0.25) is 0 Å². The molecule has 0 radical (unpaired) electrons. The molecule has 0 spiro atoms. The highest BCUT2D eigenvalue weighted by Gasteiger charge is 2.26. The van der Waals surface area contributed by atoms with Crippen molar-refractivity contribution in [1.82, 2.24) is 9.80 Å². The van der Waals surface area contributed by atoms with Gasteiger partial charge in [-0.25, -0.2) is 9.59 Å². The lowest BCUT2D eigenvalue weighted by atomic mass is 10.0. The minimum atomic E-state index is -1.82. The van der Waals surface area contributed by atoms with Crippen molar-refractivity contribution < 1.29 is 19.8 Å². The summed E-state index contributed by atoms with van der Waals surface area (Å²) in [6.07, 6.45) is 7.70. The Morgan fingerprint density at radius 1 is 1.00 bits per heavy atom. The fourth-order valence-electron chi connectivity index (χ4n) is 3.54. The molecular formula is C19H28N2O4S. The maximum atomic E-state index is 9.10. The van der Waals surface area contributed by atoms with E-state index < -0.39 is 11.9 Å². The average Bonchev–Trinajstić information content (AvgIpc) is 3.18. The Balaban J connectivity index is 0.000000352. The summed E-state index contributed by atoms with van der Waals surface area (Å²) < 4.78 is 0. The molecule has 144 valence electrons. The molecule has 0 unspecified atom stereocenters. The SMILES string of the molecule is CSc1ccc(CN2CCC(N3CCCC3)CC2)cc1.O=C(O)C(=O)O. The van der Waals surface area contributed by atoms with Crippen molar-refractivity contribution in [3.8, 4) is 0 Å². The van der Waals surface area contributed by atoms with Gasteiger partial charge in [-0.3, -0.25) is 4.90 Å². The van der Waals surface area contributed by atoms with E-state index >= 15 is 0 Å². The van der Waals surface area contributed by atoms with E-state index in [-0.39, 0.29) is 0 Å². The third kappa shape index (κ3) is 6.63. The molecule has 2 saturated heterocycles. The van der Waals surface area contributed by atoms with Crippen LogP contribution in [0.5, 0.6) is 0 Å². The number of carboxylic acid groups (broad SMARTS) is 2. The van der Waals surface area contributed by atoms with Crippen LogP contribution < -0.4 is 0 Å². The molecule has 0 aromatic heterocycles. The summed E-state index contributed by atoms with van der Waals surface area (Å²) in [6, 6.07) is 9.94. The van der Waals surface area contributed by atoms with Crippen molar-refractivity contribution in [2.24, 2.45) is 0 Å². The van der Waals surface area contributed by atoms with E-state index in [0.717, 1.165) is 12.6 Å². The molecule has 1 aromatic carbocycles. The van der Waals surface area contributed by atoms with Crippen LogP contribution in [0.2, 0.25) is 0 Å². The van der Waals surface area contributed by atoms with Crippen LogP contribution in [0.4, 0.5) is 0 Å². The van der Waals surface area contributed by atoms with Gasteiger partial charge in [-0.05, 0) is 75.8 Å². The van der Waals surface area contributed by atoms with Gasteiger partial charge in [-0.15, -0.1) is 11.8 Å². The summed E-state index contributed by atoms with van der Waals surface area (Å²) in [4.78, 5) is 24.9. The fourth-order valence-corrected chi connectivity index (χ4v) is 3.95. The molecular weight excluding hydrogens is 352 g/mol. The third-order valence-corrected chi connectivity index (χ3v) is 5.71. The van der Waals surface area contributed by atoms with Crippen LogP contribution in [0.3, 0.4) is 0 Å². The minimum Gasteiger partial charge on any atom is -0.473 e.